The Kier molecular flexibility index (Phi) is 5.95. The van der Waals surface area contributed by atoms with Crippen LogP contribution in [0.15, 0.2) is 6.33 Å². The zero-order chi connectivity index (χ0) is 15.1. The summed E-state index contributed by atoms with van der Waals surface area (Å²) in [4.78, 5) is 22.7. The molecule has 1 aromatic heterocycles. The van der Waals surface area contributed by atoms with E-state index in [9.17, 15) is 9.59 Å². The van der Waals surface area contributed by atoms with Gasteiger partial charge in [-0.05, 0) is 19.3 Å². The summed E-state index contributed by atoms with van der Waals surface area (Å²) in [5.74, 6) is -0.233. The molecule has 0 spiro atoms. The van der Waals surface area contributed by atoms with Gasteiger partial charge in [-0.15, -0.1) is 10.2 Å². The number of hydrogen-bond donors (Lipinski definition) is 3. The summed E-state index contributed by atoms with van der Waals surface area (Å²) in [5.41, 5.74) is 0. The molecule has 1 atom stereocenters. The Morgan fingerprint density at radius 2 is 2.15 bits per heavy atom. The molecule has 8 nitrogen and oxygen atoms in total. The molecule has 0 fully saturated rings. The lowest BCUT2D eigenvalue weighted by Crippen LogP contribution is -2.46. The molecule has 8 heteroatoms. The smallest absolute Gasteiger partial charge is 0.326 e. The van der Waals surface area contributed by atoms with E-state index < -0.39 is 18.0 Å². The van der Waals surface area contributed by atoms with E-state index in [0.29, 0.717) is 18.8 Å². The first-order chi connectivity index (χ1) is 9.43. The molecule has 0 radical (unpaired) electrons. The molecule has 0 saturated heterocycles. The van der Waals surface area contributed by atoms with E-state index in [2.05, 4.69) is 20.8 Å². The fourth-order valence-electron chi connectivity index (χ4n) is 1.74. The van der Waals surface area contributed by atoms with Crippen LogP contribution in [-0.2, 0) is 17.9 Å². The molecule has 0 aliphatic rings. The number of carbonyl (C=O) groups excluding carboxylic acids is 1. The number of aryl methyl sites for hydroxylation is 1. The van der Waals surface area contributed by atoms with Gasteiger partial charge in [-0.2, -0.15) is 0 Å². The third kappa shape index (κ3) is 4.87. The van der Waals surface area contributed by atoms with E-state index in [4.69, 9.17) is 5.11 Å². The molecular formula is C12H21N5O3. The molecule has 0 unspecified atom stereocenters. The van der Waals surface area contributed by atoms with Gasteiger partial charge >= 0.3 is 12.0 Å². The Labute approximate surface area is 117 Å². The monoisotopic (exact) mass is 283 g/mol. The fraction of sp³-hybridized carbons (Fsp3) is 0.667. The van der Waals surface area contributed by atoms with E-state index >= 15 is 0 Å². The Bertz CT molecular complexity index is 458. The number of carboxylic acid groups (broad SMARTS) is 1. The highest BCUT2D eigenvalue weighted by Gasteiger charge is 2.21. The van der Waals surface area contributed by atoms with Crippen LogP contribution in [-0.4, -0.2) is 37.9 Å². The van der Waals surface area contributed by atoms with Crippen molar-refractivity contribution in [1.82, 2.24) is 25.4 Å². The van der Waals surface area contributed by atoms with E-state index in [0.717, 1.165) is 0 Å². The predicted molar refractivity (Wildman–Crippen MR) is 71.9 cm³/mol. The number of aromatic nitrogens is 3. The van der Waals surface area contributed by atoms with E-state index in [-0.39, 0.29) is 12.5 Å². The van der Waals surface area contributed by atoms with Gasteiger partial charge in [-0.1, -0.05) is 13.8 Å². The third-order valence-corrected chi connectivity index (χ3v) is 2.75. The normalized spacial score (nSPS) is 12.2. The quantitative estimate of drug-likeness (QED) is 0.678. The van der Waals surface area contributed by atoms with Crippen LogP contribution in [0, 0.1) is 5.92 Å². The van der Waals surface area contributed by atoms with Gasteiger partial charge in [0.25, 0.3) is 0 Å². The number of aliphatic carboxylic acids is 1. The number of hydrogen-bond acceptors (Lipinski definition) is 4. The van der Waals surface area contributed by atoms with Gasteiger partial charge in [0, 0.05) is 6.54 Å². The molecule has 0 bridgehead atoms. The Balaban J connectivity index is 2.48. The molecule has 1 heterocycles. The van der Waals surface area contributed by atoms with Crippen LogP contribution in [0.1, 0.15) is 33.0 Å². The van der Waals surface area contributed by atoms with Crippen LogP contribution in [0.25, 0.3) is 0 Å². The van der Waals surface area contributed by atoms with Crippen molar-refractivity contribution < 1.29 is 14.7 Å². The molecule has 112 valence electrons. The first kappa shape index (κ1) is 15.9. The number of carbonyl (C=O) groups is 2. The minimum Gasteiger partial charge on any atom is -0.480 e. The minimum atomic E-state index is -1.04. The number of rotatable bonds is 7. The van der Waals surface area contributed by atoms with Crippen molar-refractivity contribution in [2.45, 2.75) is 46.3 Å². The summed E-state index contributed by atoms with van der Waals surface area (Å²) in [5, 5.41) is 21.7. The van der Waals surface area contributed by atoms with Crippen molar-refractivity contribution in [2.75, 3.05) is 0 Å². The van der Waals surface area contributed by atoms with E-state index in [1.54, 1.807) is 10.9 Å². The first-order valence-corrected chi connectivity index (χ1v) is 6.57. The lowest BCUT2D eigenvalue weighted by molar-refractivity contribution is -0.139. The van der Waals surface area contributed by atoms with Crippen molar-refractivity contribution in [1.29, 1.82) is 0 Å². The largest absolute Gasteiger partial charge is 0.480 e. The summed E-state index contributed by atoms with van der Waals surface area (Å²) in [6.45, 7) is 6.65. The third-order valence-electron chi connectivity index (χ3n) is 2.75. The van der Waals surface area contributed by atoms with E-state index in [1.165, 1.54) is 0 Å². The number of amides is 2. The summed E-state index contributed by atoms with van der Waals surface area (Å²) in [6, 6.07) is -1.41. The topological polar surface area (TPSA) is 109 Å². The van der Waals surface area contributed by atoms with Crippen molar-refractivity contribution in [2.24, 2.45) is 5.92 Å². The molecule has 0 saturated carbocycles. The highest BCUT2D eigenvalue weighted by atomic mass is 16.4. The second kappa shape index (κ2) is 7.46. The molecule has 20 heavy (non-hydrogen) atoms. The number of nitrogens with zero attached hydrogens (tertiary/aromatic N) is 3. The SMILES string of the molecule is CCn1cnnc1CNC(=O)N[C@H](CC(C)C)C(=O)O. The van der Waals surface area contributed by atoms with Gasteiger partial charge in [0.05, 0.1) is 6.54 Å². The van der Waals surface area contributed by atoms with Crippen LogP contribution < -0.4 is 10.6 Å². The standard InChI is InChI=1S/C12H21N5O3/c1-4-17-7-14-16-10(17)6-13-12(20)15-9(11(18)19)5-8(2)3/h7-9H,4-6H2,1-3H3,(H,18,19)(H2,13,15,20)/t9-/m1/s1. The molecule has 1 rings (SSSR count). The van der Waals surface area contributed by atoms with Crippen LogP contribution in [0.2, 0.25) is 0 Å². The van der Waals surface area contributed by atoms with Crippen molar-refractivity contribution in [3.8, 4) is 0 Å². The summed E-state index contributed by atoms with van der Waals surface area (Å²) >= 11 is 0. The molecular weight excluding hydrogens is 262 g/mol. The van der Waals surface area contributed by atoms with Crippen LogP contribution in [0.5, 0.6) is 0 Å². The zero-order valence-electron chi connectivity index (χ0n) is 12.0. The maximum Gasteiger partial charge on any atom is 0.326 e. The first-order valence-electron chi connectivity index (χ1n) is 6.57. The highest BCUT2D eigenvalue weighted by molar-refractivity contribution is 5.82. The summed E-state index contributed by atoms with van der Waals surface area (Å²) < 4.78 is 1.79. The average Bonchev–Trinajstić information content (AvgIpc) is 2.82. The van der Waals surface area contributed by atoms with Gasteiger partial charge in [-0.3, -0.25) is 0 Å². The summed E-state index contributed by atoms with van der Waals surface area (Å²) in [7, 11) is 0. The predicted octanol–water partition coefficient (Wildman–Crippen LogP) is 0.596. The van der Waals surface area contributed by atoms with Gasteiger partial charge < -0.3 is 20.3 Å². The molecule has 2 amide bonds. The maximum absolute atomic E-state index is 11.7. The number of carboxylic acids is 1. The average molecular weight is 283 g/mol. The van der Waals surface area contributed by atoms with Gasteiger partial charge in [0.1, 0.15) is 12.4 Å². The van der Waals surface area contributed by atoms with Gasteiger partial charge in [-0.25, -0.2) is 9.59 Å². The molecule has 0 aliphatic heterocycles. The van der Waals surface area contributed by atoms with Gasteiger partial charge in [0.15, 0.2) is 5.82 Å². The van der Waals surface area contributed by atoms with Gasteiger partial charge in [0.2, 0.25) is 0 Å². The molecule has 3 N–H and O–H groups in total. The Hall–Kier alpha value is -2.12. The second-order valence-corrected chi connectivity index (χ2v) is 4.88. The van der Waals surface area contributed by atoms with Crippen LogP contribution in [0.4, 0.5) is 4.79 Å². The second-order valence-electron chi connectivity index (χ2n) is 4.88. The lowest BCUT2D eigenvalue weighted by Gasteiger charge is -2.16. The Morgan fingerprint density at radius 1 is 1.45 bits per heavy atom. The molecule has 0 aliphatic carbocycles. The summed E-state index contributed by atoms with van der Waals surface area (Å²) in [6.07, 6.45) is 1.96. The maximum atomic E-state index is 11.7. The van der Waals surface area contributed by atoms with Crippen molar-refractivity contribution in [3.05, 3.63) is 12.2 Å². The fourth-order valence-corrected chi connectivity index (χ4v) is 1.74. The van der Waals surface area contributed by atoms with Crippen molar-refractivity contribution in [3.63, 3.8) is 0 Å². The van der Waals surface area contributed by atoms with Crippen LogP contribution >= 0.6 is 0 Å². The zero-order valence-corrected chi connectivity index (χ0v) is 12.0. The van der Waals surface area contributed by atoms with Crippen molar-refractivity contribution >= 4 is 12.0 Å². The van der Waals surface area contributed by atoms with E-state index in [1.807, 2.05) is 20.8 Å². The molecule has 0 aromatic carbocycles. The minimum absolute atomic E-state index is 0.180. The van der Waals surface area contributed by atoms with Crippen LogP contribution in [0.3, 0.4) is 0 Å². The molecule has 1 aromatic rings. The lowest BCUT2D eigenvalue weighted by atomic mass is 10.0. The number of nitrogens with one attached hydrogen (secondary N) is 2. The highest BCUT2D eigenvalue weighted by Crippen LogP contribution is 2.04. The Morgan fingerprint density at radius 3 is 2.70 bits per heavy atom. The number of urea groups is 1.